The van der Waals surface area contributed by atoms with Gasteiger partial charge in [-0.2, -0.15) is 13.2 Å². The SMILES string of the molecule is CCN(CC)C(=O)C(Sc1nc(C(F)(F)F)cc(=O)[nH]1)c1ccccc1. The van der Waals surface area contributed by atoms with Gasteiger partial charge in [-0.3, -0.25) is 9.59 Å². The molecule has 0 aliphatic carbocycles. The number of hydrogen-bond acceptors (Lipinski definition) is 4. The maximum Gasteiger partial charge on any atom is 0.433 e. The third-order valence-electron chi connectivity index (χ3n) is 3.64. The van der Waals surface area contributed by atoms with Gasteiger partial charge < -0.3 is 9.88 Å². The highest BCUT2D eigenvalue weighted by Crippen LogP contribution is 2.36. The van der Waals surface area contributed by atoms with Crippen LogP contribution in [-0.4, -0.2) is 33.9 Å². The van der Waals surface area contributed by atoms with Gasteiger partial charge in [-0.05, 0) is 19.4 Å². The number of nitrogens with one attached hydrogen (secondary N) is 1. The molecular formula is C17H18F3N3O2S. The molecule has 1 aromatic carbocycles. The fourth-order valence-electron chi connectivity index (χ4n) is 2.34. The molecule has 2 rings (SSSR count). The standard InChI is InChI=1S/C17H18F3N3O2S/c1-3-23(4-2)15(25)14(11-8-6-5-7-9-11)26-16-21-12(17(18,19)20)10-13(24)22-16/h5-10,14H,3-4H2,1-2H3,(H,21,22,24). The predicted octanol–water partition coefficient (Wildman–Crippen LogP) is 3.49. The van der Waals surface area contributed by atoms with Crippen molar-refractivity contribution >= 4 is 17.7 Å². The number of hydrogen-bond donors (Lipinski definition) is 1. The molecule has 1 N–H and O–H groups in total. The van der Waals surface area contributed by atoms with Crippen LogP contribution in [0.15, 0.2) is 46.3 Å². The summed E-state index contributed by atoms with van der Waals surface area (Å²) in [6.07, 6.45) is -4.74. The van der Waals surface area contributed by atoms with Gasteiger partial charge in [0.25, 0.3) is 5.56 Å². The predicted molar refractivity (Wildman–Crippen MR) is 92.8 cm³/mol. The number of alkyl halides is 3. The Morgan fingerprint density at radius 1 is 1.23 bits per heavy atom. The molecule has 0 radical (unpaired) electrons. The van der Waals surface area contributed by atoms with Gasteiger partial charge in [0.15, 0.2) is 10.9 Å². The van der Waals surface area contributed by atoms with Crippen molar-refractivity contribution in [3.8, 4) is 0 Å². The fourth-order valence-corrected chi connectivity index (χ4v) is 3.41. The first-order valence-electron chi connectivity index (χ1n) is 7.95. The first kappa shape index (κ1) is 20.0. The van der Waals surface area contributed by atoms with Gasteiger partial charge in [0.1, 0.15) is 5.25 Å². The third-order valence-corrected chi connectivity index (χ3v) is 4.77. The lowest BCUT2D eigenvalue weighted by atomic mass is 10.1. The number of benzene rings is 1. The summed E-state index contributed by atoms with van der Waals surface area (Å²) in [5, 5.41) is -1.07. The van der Waals surface area contributed by atoms with Gasteiger partial charge in [-0.25, -0.2) is 4.98 Å². The van der Waals surface area contributed by atoms with E-state index in [-0.39, 0.29) is 11.1 Å². The lowest BCUT2D eigenvalue weighted by molar-refractivity contribution is -0.141. The molecule has 1 amide bonds. The van der Waals surface area contributed by atoms with Crippen LogP contribution >= 0.6 is 11.8 Å². The summed E-state index contributed by atoms with van der Waals surface area (Å²) < 4.78 is 38.7. The van der Waals surface area contributed by atoms with Crippen LogP contribution in [0.3, 0.4) is 0 Å². The highest BCUT2D eigenvalue weighted by molar-refractivity contribution is 8.00. The molecule has 1 aromatic heterocycles. The molecule has 1 atom stereocenters. The minimum Gasteiger partial charge on any atom is -0.342 e. The highest BCUT2D eigenvalue weighted by Gasteiger charge is 2.34. The molecule has 1 heterocycles. The van der Waals surface area contributed by atoms with Crippen LogP contribution in [0, 0.1) is 0 Å². The van der Waals surface area contributed by atoms with Crippen LogP contribution in [0.25, 0.3) is 0 Å². The molecule has 0 fully saturated rings. The Kier molecular flexibility index (Phi) is 6.47. The summed E-state index contributed by atoms with van der Waals surface area (Å²) in [6, 6.07) is 9.07. The van der Waals surface area contributed by atoms with E-state index in [1.54, 1.807) is 35.2 Å². The van der Waals surface area contributed by atoms with Crippen LogP contribution in [0.1, 0.15) is 30.4 Å². The van der Waals surface area contributed by atoms with E-state index in [1.165, 1.54) is 0 Å². The Hall–Kier alpha value is -2.29. The Labute approximate surface area is 152 Å². The molecule has 9 heteroatoms. The monoisotopic (exact) mass is 385 g/mol. The van der Waals surface area contributed by atoms with Crippen molar-refractivity contribution in [1.82, 2.24) is 14.9 Å². The van der Waals surface area contributed by atoms with Crippen molar-refractivity contribution in [2.75, 3.05) is 13.1 Å². The van der Waals surface area contributed by atoms with E-state index in [1.807, 2.05) is 13.8 Å². The smallest absolute Gasteiger partial charge is 0.342 e. The van der Waals surface area contributed by atoms with Crippen LogP contribution in [0.5, 0.6) is 0 Å². The van der Waals surface area contributed by atoms with Gasteiger partial charge in [0.2, 0.25) is 5.91 Å². The summed E-state index contributed by atoms with van der Waals surface area (Å²) in [6.45, 7) is 4.56. The van der Waals surface area contributed by atoms with Crippen LogP contribution < -0.4 is 5.56 Å². The average Bonchev–Trinajstić information content (AvgIpc) is 2.60. The normalized spacial score (nSPS) is 12.7. The largest absolute Gasteiger partial charge is 0.433 e. The zero-order valence-corrected chi connectivity index (χ0v) is 15.0. The van der Waals surface area contributed by atoms with Gasteiger partial charge in [0.05, 0.1) is 0 Å². The maximum absolute atomic E-state index is 12.9. The molecule has 140 valence electrons. The maximum atomic E-state index is 12.9. The Morgan fingerprint density at radius 3 is 2.38 bits per heavy atom. The molecule has 0 aliphatic rings. The van der Waals surface area contributed by atoms with Crippen LogP contribution in [-0.2, 0) is 11.0 Å². The van der Waals surface area contributed by atoms with Gasteiger partial charge in [0, 0.05) is 19.2 Å². The minimum atomic E-state index is -4.74. The number of amides is 1. The van der Waals surface area contributed by atoms with Crippen LogP contribution in [0.4, 0.5) is 13.2 Å². The average molecular weight is 385 g/mol. The third kappa shape index (κ3) is 4.87. The summed E-state index contributed by atoms with van der Waals surface area (Å²) in [7, 11) is 0. The van der Waals surface area contributed by atoms with E-state index >= 15 is 0 Å². The second-order valence-electron chi connectivity index (χ2n) is 5.35. The van der Waals surface area contributed by atoms with Crippen molar-refractivity contribution in [2.24, 2.45) is 0 Å². The van der Waals surface area contributed by atoms with E-state index in [0.717, 1.165) is 11.8 Å². The van der Waals surface area contributed by atoms with Crippen molar-refractivity contribution < 1.29 is 18.0 Å². The lowest BCUT2D eigenvalue weighted by Crippen LogP contribution is -2.34. The number of aromatic amines is 1. The van der Waals surface area contributed by atoms with Crippen molar-refractivity contribution in [3.63, 3.8) is 0 Å². The first-order chi connectivity index (χ1) is 12.3. The number of H-pyrrole nitrogens is 1. The topological polar surface area (TPSA) is 66.1 Å². The van der Waals surface area contributed by atoms with E-state index in [0.29, 0.717) is 24.7 Å². The van der Waals surface area contributed by atoms with Crippen LogP contribution in [0.2, 0.25) is 0 Å². The summed E-state index contributed by atoms with van der Waals surface area (Å²) >= 11 is 0.796. The number of carbonyl (C=O) groups is 1. The summed E-state index contributed by atoms with van der Waals surface area (Å²) in [5.41, 5.74) is -1.59. The Bertz CT molecular complexity index is 805. The molecule has 0 spiro atoms. The number of carbonyl (C=O) groups excluding carboxylic acids is 1. The van der Waals surface area contributed by atoms with Gasteiger partial charge >= 0.3 is 6.18 Å². The van der Waals surface area contributed by atoms with Crippen molar-refractivity contribution in [3.05, 3.63) is 58.0 Å². The van der Waals surface area contributed by atoms with Crippen molar-refractivity contribution in [1.29, 1.82) is 0 Å². The second kappa shape index (κ2) is 8.39. The highest BCUT2D eigenvalue weighted by atomic mass is 32.2. The number of thioether (sulfide) groups is 1. The quantitative estimate of drug-likeness (QED) is 0.611. The molecular weight excluding hydrogens is 367 g/mol. The van der Waals surface area contributed by atoms with E-state index in [9.17, 15) is 22.8 Å². The molecule has 0 bridgehead atoms. The van der Waals surface area contributed by atoms with E-state index < -0.39 is 22.7 Å². The minimum absolute atomic E-state index is 0.251. The number of nitrogens with zero attached hydrogens (tertiary/aromatic N) is 2. The Morgan fingerprint density at radius 2 is 1.85 bits per heavy atom. The molecule has 0 saturated carbocycles. The number of halogens is 3. The Balaban J connectivity index is 2.43. The van der Waals surface area contributed by atoms with Crippen molar-refractivity contribution in [2.45, 2.75) is 30.4 Å². The molecule has 0 saturated heterocycles. The summed E-state index contributed by atoms with van der Waals surface area (Å²) in [5.74, 6) is -0.258. The lowest BCUT2D eigenvalue weighted by Gasteiger charge is -2.25. The number of rotatable bonds is 6. The van der Waals surface area contributed by atoms with Gasteiger partial charge in [-0.15, -0.1) is 0 Å². The number of aromatic nitrogens is 2. The summed E-state index contributed by atoms with van der Waals surface area (Å²) in [4.78, 5) is 31.8. The molecule has 2 aromatic rings. The molecule has 26 heavy (non-hydrogen) atoms. The fraction of sp³-hybridized carbons (Fsp3) is 0.353. The van der Waals surface area contributed by atoms with E-state index in [4.69, 9.17) is 0 Å². The molecule has 0 aliphatic heterocycles. The van der Waals surface area contributed by atoms with E-state index in [2.05, 4.69) is 9.97 Å². The zero-order valence-electron chi connectivity index (χ0n) is 14.2. The zero-order chi connectivity index (χ0) is 19.3. The first-order valence-corrected chi connectivity index (χ1v) is 8.83. The second-order valence-corrected chi connectivity index (χ2v) is 6.45. The number of likely N-dealkylation sites (N-methyl/N-ethyl adjacent to an activating group) is 1. The molecule has 1 unspecified atom stereocenters. The molecule has 5 nitrogen and oxygen atoms in total. The van der Waals surface area contributed by atoms with Gasteiger partial charge in [-0.1, -0.05) is 42.1 Å².